The van der Waals surface area contributed by atoms with Crippen LogP contribution in [-0.4, -0.2) is 36.8 Å². The van der Waals surface area contributed by atoms with Gasteiger partial charge in [-0.2, -0.15) is 13.2 Å². The molecule has 1 aliphatic rings. The van der Waals surface area contributed by atoms with Crippen LogP contribution in [0.5, 0.6) is 0 Å². The van der Waals surface area contributed by atoms with Gasteiger partial charge in [0.25, 0.3) is 0 Å². The second kappa shape index (κ2) is 5.88. The van der Waals surface area contributed by atoms with Gasteiger partial charge in [0.05, 0.1) is 5.52 Å². The van der Waals surface area contributed by atoms with E-state index < -0.39 is 12.7 Å². The van der Waals surface area contributed by atoms with E-state index in [-0.39, 0.29) is 6.04 Å². The molecule has 1 aliphatic carbocycles. The van der Waals surface area contributed by atoms with E-state index in [1.54, 1.807) is 12.1 Å². The Kier molecular flexibility index (Phi) is 4.06. The van der Waals surface area contributed by atoms with Crippen molar-refractivity contribution in [2.75, 3.05) is 23.8 Å². The van der Waals surface area contributed by atoms with Gasteiger partial charge in [-0.15, -0.1) is 0 Å². The molecule has 2 aromatic rings. The molecular formula is C16H19F3N4. The van der Waals surface area contributed by atoms with Gasteiger partial charge in [-0.05, 0) is 43.2 Å². The quantitative estimate of drug-likeness (QED) is 0.907. The number of nitrogens with two attached hydrogens (primary N) is 1. The average Bonchev–Trinajstić information content (AvgIpc) is 2.43. The Labute approximate surface area is 132 Å². The summed E-state index contributed by atoms with van der Waals surface area (Å²) in [5.74, 6) is 0.306. The maximum Gasteiger partial charge on any atom is 0.405 e. The predicted octanol–water partition coefficient (Wildman–Crippen LogP) is 3.13. The molecule has 0 saturated heterocycles. The van der Waals surface area contributed by atoms with Gasteiger partial charge < -0.3 is 16.0 Å². The van der Waals surface area contributed by atoms with E-state index in [0.717, 1.165) is 28.8 Å². The van der Waals surface area contributed by atoms with Crippen LogP contribution in [0.25, 0.3) is 10.9 Å². The molecule has 7 heteroatoms. The molecule has 0 unspecified atom stereocenters. The fraction of sp³-hybridized carbons (Fsp3) is 0.438. The molecule has 0 aliphatic heterocycles. The molecule has 0 spiro atoms. The number of rotatable bonds is 4. The van der Waals surface area contributed by atoms with E-state index in [0.29, 0.717) is 17.4 Å². The molecule has 23 heavy (non-hydrogen) atoms. The number of halogens is 3. The Morgan fingerprint density at radius 3 is 2.65 bits per heavy atom. The first-order valence-electron chi connectivity index (χ1n) is 7.51. The average molecular weight is 324 g/mol. The predicted molar refractivity (Wildman–Crippen MR) is 85.7 cm³/mol. The van der Waals surface area contributed by atoms with Crippen molar-refractivity contribution in [3.63, 3.8) is 0 Å². The number of aromatic nitrogens is 1. The van der Waals surface area contributed by atoms with E-state index in [9.17, 15) is 13.2 Å². The molecular weight excluding hydrogens is 305 g/mol. The highest BCUT2D eigenvalue weighted by Crippen LogP contribution is 2.26. The number of anilines is 2. The fourth-order valence-electron chi connectivity index (χ4n) is 2.78. The minimum atomic E-state index is -4.25. The van der Waals surface area contributed by atoms with Crippen LogP contribution >= 0.6 is 0 Å². The number of alkyl halides is 3. The highest BCUT2D eigenvalue weighted by Gasteiger charge is 2.30. The van der Waals surface area contributed by atoms with E-state index >= 15 is 0 Å². The number of nitrogens with one attached hydrogen (secondary N) is 1. The zero-order chi connectivity index (χ0) is 16.6. The zero-order valence-corrected chi connectivity index (χ0v) is 12.8. The molecule has 1 aromatic heterocycles. The highest BCUT2D eigenvalue weighted by atomic mass is 19.4. The summed E-state index contributed by atoms with van der Waals surface area (Å²) < 4.78 is 37.4. The maximum absolute atomic E-state index is 12.5. The van der Waals surface area contributed by atoms with Gasteiger partial charge >= 0.3 is 6.18 Å². The van der Waals surface area contributed by atoms with Gasteiger partial charge in [0, 0.05) is 30.2 Å². The largest absolute Gasteiger partial charge is 0.405 e. The molecule has 0 amide bonds. The molecule has 0 bridgehead atoms. The van der Waals surface area contributed by atoms with Crippen LogP contribution in [0.15, 0.2) is 30.3 Å². The monoisotopic (exact) mass is 324 g/mol. The summed E-state index contributed by atoms with van der Waals surface area (Å²) >= 11 is 0. The normalized spacial score (nSPS) is 21.1. The Balaban J connectivity index is 1.76. The molecule has 1 heterocycles. The topological polar surface area (TPSA) is 54.2 Å². The van der Waals surface area contributed by atoms with Crippen molar-refractivity contribution in [1.82, 2.24) is 4.98 Å². The Bertz CT molecular complexity index is 695. The summed E-state index contributed by atoms with van der Waals surface area (Å²) in [7, 11) is 1.39. The van der Waals surface area contributed by atoms with Crippen molar-refractivity contribution in [3.8, 4) is 0 Å². The van der Waals surface area contributed by atoms with E-state index in [2.05, 4.69) is 10.3 Å². The van der Waals surface area contributed by atoms with E-state index in [1.807, 2.05) is 18.2 Å². The van der Waals surface area contributed by atoms with Crippen LogP contribution < -0.4 is 16.0 Å². The van der Waals surface area contributed by atoms with E-state index in [4.69, 9.17) is 5.73 Å². The molecule has 0 radical (unpaired) electrons. The third kappa shape index (κ3) is 3.85. The summed E-state index contributed by atoms with van der Waals surface area (Å²) in [5.41, 5.74) is 7.42. The van der Waals surface area contributed by atoms with E-state index in [1.165, 1.54) is 7.05 Å². The SMILES string of the molecule is CN(CC(F)(F)F)c1ccc2cc(NC3CC(N)C3)ccc2n1. The molecule has 1 aromatic carbocycles. The van der Waals surface area contributed by atoms with Crippen molar-refractivity contribution in [3.05, 3.63) is 30.3 Å². The standard InChI is InChI=1S/C16H19F3N4/c1-23(9-16(17,18)19)15-5-2-10-6-12(3-4-14(10)22-15)21-13-7-11(20)8-13/h2-6,11,13,21H,7-9,20H2,1H3. The van der Waals surface area contributed by atoms with Gasteiger partial charge in [-0.25, -0.2) is 4.98 Å². The Hall–Kier alpha value is -2.02. The number of pyridine rings is 1. The van der Waals surface area contributed by atoms with Crippen LogP contribution in [0.3, 0.4) is 0 Å². The van der Waals surface area contributed by atoms with Crippen LogP contribution in [0.2, 0.25) is 0 Å². The fourth-order valence-corrected chi connectivity index (χ4v) is 2.78. The van der Waals surface area contributed by atoms with Gasteiger partial charge in [-0.1, -0.05) is 0 Å². The molecule has 1 fully saturated rings. The molecule has 124 valence electrons. The third-order valence-corrected chi connectivity index (χ3v) is 4.03. The minimum absolute atomic E-state index is 0.279. The third-order valence-electron chi connectivity index (χ3n) is 4.03. The van der Waals surface area contributed by atoms with Crippen LogP contribution in [0.1, 0.15) is 12.8 Å². The second-order valence-corrected chi connectivity index (χ2v) is 6.12. The summed E-state index contributed by atoms with van der Waals surface area (Å²) in [5, 5.41) is 4.29. The first kappa shape index (κ1) is 15.9. The lowest BCUT2D eigenvalue weighted by atomic mass is 9.87. The Morgan fingerprint density at radius 2 is 2.00 bits per heavy atom. The van der Waals surface area contributed by atoms with Crippen molar-refractivity contribution < 1.29 is 13.2 Å². The van der Waals surface area contributed by atoms with Crippen LogP contribution in [0, 0.1) is 0 Å². The van der Waals surface area contributed by atoms with Crippen molar-refractivity contribution in [2.45, 2.75) is 31.1 Å². The molecule has 4 nitrogen and oxygen atoms in total. The Morgan fingerprint density at radius 1 is 1.26 bits per heavy atom. The van der Waals surface area contributed by atoms with Gasteiger partial charge in [-0.3, -0.25) is 0 Å². The zero-order valence-electron chi connectivity index (χ0n) is 12.8. The van der Waals surface area contributed by atoms with Crippen molar-refractivity contribution in [2.24, 2.45) is 5.73 Å². The van der Waals surface area contributed by atoms with Crippen molar-refractivity contribution >= 4 is 22.4 Å². The lowest BCUT2D eigenvalue weighted by Crippen LogP contribution is -2.44. The van der Waals surface area contributed by atoms with Gasteiger partial charge in [0.2, 0.25) is 0 Å². The number of fused-ring (bicyclic) bond motifs is 1. The summed E-state index contributed by atoms with van der Waals surface area (Å²) in [6, 6.07) is 9.75. The summed E-state index contributed by atoms with van der Waals surface area (Å²) in [6.45, 7) is -1.02. The van der Waals surface area contributed by atoms with Crippen LogP contribution in [-0.2, 0) is 0 Å². The first-order valence-corrected chi connectivity index (χ1v) is 7.51. The molecule has 3 N–H and O–H groups in total. The number of benzene rings is 1. The lowest BCUT2D eigenvalue weighted by molar-refractivity contribution is -0.119. The maximum atomic E-state index is 12.5. The van der Waals surface area contributed by atoms with Crippen LogP contribution in [0.4, 0.5) is 24.7 Å². The minimum Gasteiger partial charge on any atom is -0.382 e. The molecule has 1 saturated carbocycles. The second-order valence-electron chi connectivity index (χ2n) is 6.12. The summed E-state index contributed by atoms with van der Waals surface area (Å²) in [4.78, 5) is 5.40. The molecule has 3 rings (SSSR count). The number of nitrogens with zero attached hydrogens (tertiary/aromatic N) is 2. The lowest BCUT2D eigenvalue weighted by Gasteiger charge is -2.33. The number of hydrogen-bond donors (Lipinski definition) is 2. The first-order chi connectivity index (χ1) is 10.8. The molecule has 0 atom stereocenters. The van der Waals surface area contributed by atoms with Gasteiger partial charge in [0.1, 0.15) is 12.4 Å². The van der Waals surface area contributed by atoms with Gasteiger partial charge in [0.15, 0.2) is 0 Å². The summed E-state index contributed by atoms with van der Waals surface area (Å²) in [6.07, 6.45) is -2.34. The number of hydrogen-bond acceptors (Lipinski definition) is 4. The van der Waals surface area contributed by atoms with Crippen molar-refractivity contribution in [1.29, 1.82) is 0 Å². The smallest absolute Gasteiger partial charge is 0.382 e. The highest BCUT2D eigenvalue weighted by molar-refractivity contribution is 5.84.